The normalized spacial score (nSPS) is 11.6. The summed E-state index contributed by atoms with van der Waals surface area (Å²) in [4.78, 5) is 14.0. The number of unbranched alkanes of at least 4 members (excludes halogenated alkanes) is 2. The van der Waals surface area contributed by atoms with Gasteiger partial charge in [0.1, 0.15) is 4.90 Å². The first kappa shape index (κ1) is 17.6. The lowest BCUT2D eigenvalue weighted by Gasteiger charge is -2.21. The predicted octanol–water partition coefficient (Wildman–Crippen LogP) is 1.41. The van der Waals surface area contributed by atoms with E-state index in [9.17, 15) is 13.2 Å². The van der Waals surface area contributed by atoms with Crippen molar-refractivity contribution in [3.63, 3.8) is 0 Å². The fraction of sp³-hybridized carbons (Fsp3) is 0.692. The number of nitrogens with one attached hydrogen (secondary N) is 1. The zero-order valence-corrected chi connectivity index (χ0v) is 13.7. The topological polar surface area (TPSA) is 109 Å². The van der Waals surface area contributed by atoms with Crippen LogP contribution < -0.4 is 5.14 Å². The van der Waals surface area contributed by atoms with Crippen molar-refractivity contribution in [1.82, 2.24) is 15.1 Å². The number of aromatic amines is 1. The molecule has 3 N–H and O–H groups in total. The fourth-order valence-corrected chi connectivity index (χ4v) is 2.95. The van der Waals surface area contributed by atoms with Crippen LogP contribution in [-0.4, -0.2) is 42.5 Å². The van der Waals surface area contributed by atoms with Gasteiger partial charge < -0.3 is 4.90 Å². The van der Waals surface area contributed by atoms with Crippen molar-refractivity contribution in [3.8, 4) is 0 Å². The van der Waals surface area contributed by atoms with Crippen LogP contribution in [0.3, 0.4) is 0 Å². The maximum absolute atomic E-state index is 12.6. The van der Waals surface area contributed by atoms with E-state index in [4.69, 9.17) is 5.14 Å². The number of nitrogens with zero attached hydrogens (tertiary/aromatic N) is 2. The number of primary sulfonamides is 1. The fourth-order valence-electron chi connectivity index (χ4n) is 2.07. The van der Waals surface area contributed by atoms with Crippen LogP contribution in [0.1, 0.15) is 55.7 Å². The number of carbonyl (C=O) groups excluding carboxylic acids is 1. The van der Waals surface area contributed by atoms with Gasteiger partial charge in [-0.3, -0.25) is 9.89 Å². The summed E-state index contributed by atoms with van der Waals surface area (Å²) in [6.07, 6.45) is 3.64. The summed E-state index contributed by atoms with van der Waals surface area (Å²) in [7, 11) is -3.98. The molecule has 8 heteroatoms. The molecule has 0 atom stereocenters. The Kier molecular flexibility index (Phi) is 6.35. The molecule has 1 amide bonds. The predicted molar refractivity (Wildman–Crippen MR) is 80.4 cm³/mol. The van der Waals surface area contributed by atoms with E-state index in [0.29, 0.717) is 13.1 Å². The second-order valence-corrected chi connectivity index (χ2v) is 6.57. The maximum atomic E-state index is 12.6. The van der Waals surface area contributed by atoms with E-state index in [1.165, 1.54) is 6.92 Å². The van der Waals surface area contributed by atoms with Crippen molar-refractivity contribution in [1.29, 1.82) is 0 Å². The first-order chi connectivity index (χ1) is 9.82. The van der Waals surface area contributed by atoms with E-state index in [2.05, 4.69) is 10.2 Å². The second-order valence-electron chi connectivity index (χ2n) is 5.07. The van der Waals surface area contributed by atoms with Crippen molar-refractivity contribution < 1.29 is 13.2 Å². The Bertz CT molecular complexity index is 572. The summed E-state index contributed by atoms with van der Waals surface area (Å²) in [5.41, 5.74) is 0.175. The monoisotopic (exact) mass is 316 g/mol. The van der Waals surface area contributed by atoms with Crippen LogP contribution in [0.2, 0.25) is 0 Å². The largest absolute Gasteiger partial charge is 0.337 e. The van der Waals surface area contributed by atoms with E-state index in [1.807, 2.05) is 13.8 Å². The van der Waals surface area contributed by atoms with Crippen molar-refractivity contribution in [2.24, 2.45) is 5.14 Å². The minimum atomic E-state index is -3.98. The summed E-state index contributed by atoms with van der Waals surface area (Å²) in [5.74, 6) is -0.384. The van der Waals surface area contributed by atoms with E-state index in [1.54, 1.807) is 4.90 Å². The molecule has 0 bridgehead atoms. The number of hydrogen-bond acceptors (Lipinski definition) is 4. The lowest BCUT2D eigenvalue weighted by atomic mass is 10.2. The highest BCUT2D eigenvalue weighted by Gasteiger charge is 2.28. The maximum Gasteiger partial charge on any atom is 0.275 e. The van der Waals surface area contributed by atoms with Gasteiger partial charge in [-0.25, -0.2) is 13.6 Å². The van der Waals surface area contributed by atoms with Gasteiger partial charge in [0, 0.05) is 13.1 Å². The smallest absolute Gasteiger partial charge is 0.275 e. The zero-order chi connectivity index (χ0) is 16.0. The summed E-state index contributed by atoms with van der Waals surface area (Å²) in [6, 6.07) is 0. The summed E-state index contributed by atoms with van der Waals surface area (Å²) >= 11 is 0. The average molecular weight is 316 g/mol. The zero-order valence-electron chi connectivity index (χ0n) is 12.8. The van der Waals surface area contributed by atoms with Gasteiger partial charge in [-0.05, 0) is 19.8 Å². The molecule has 1 rings (SSSR count). The number of H-pyrrole nitrogens is 1. The van der Waals surface area contributed by atoms with Gasteiger partial charge in [0.2, 0.25) is 10.0 Å². The van der Waals surface area contributed by atoms with Crippen molar-refractivity contribution in [2.75, 3.05) is 13.1 Å². The molecule has 0 saturated heterocycles. The summed E-state index contributed by atoms with van der Waals surface area (Å²) in [6.45, 7) is 6.79. The number of nitrogens with two attached hydrogens (primary N) is 1. The van der Waals surface area contributed by atoms with Gasteiger partial charge in [0.05, 0.1) is 5.69 Å². The Hall–Kier alpha value is -1.41. The summed E-state index contributed by atoms with van der Waals surface area (Å²) < 4.78 is 23.3. The molecular formula is C13H24N4O3S. The molecule has 0 spiro atoms. The van der Waals surface area contributed by atoms with Crippen molar-refractivity contribution in [2.45, 2.75) is 51.3 Å². The lowest BCUT2D eigenvalue weighted by molar-refractivity contribution is 0.0741. The van der Waals surface area contributed by atoms with E-state index < -0.39 is 10.0 Å². The Morgan fingerprint density at radius 3 is 2.19 bits per heavy atom. The number of amides is 1. The quantitative estimate of drug-likeness (QED) is 0.755. The van der Waals surface area contributed by atoms with Crippen LogP contribution in [0.15, 0.2) is 4.90 Å². The third-order valence-electron chi connectivity index (χ3n) is 3.23. The number of rotatable bonds is 8. The highest BCUT2D eigenvalue weighted by molar-refractivity contribution is 7.89. The first-order valence-electron chi connectivity index (χ1n) is 7.19. The molecule has 21 heavy (non-hydrogen) atoms. The standard InChI is InChI=1S/C13H24N4O3S/c1-4-6-8-17(9-7-5-2)13(18)11-12(21(14,19)20)10(3)15-16-11/h4-9H2,1-3H3,(H,15,16)(H2,14,19,20). The number of hydrogen-bond donors (Lipinski definition) is 2. The van der Waals surface area contributed by atoms with Crippen LogP contribution in [0.4, 0.5) is 0 Å². The van der Waals surface area contributed by atoms with Gasteiger partial charge in [0.15, 0.2) is 5.69 Å². The third kappa shape index (κ3) is 4.53. The molecule has 0 aliphatic rings. The molecule has 0 aliphatic carbocycles. The number of aryl methyl sites for hydroxylation is 1. The molecular weight excluding hydrogens is 292 g/mol. The number of aromatic nitrogens is 2. The highest BCUT2D eigenvalue weighted by atomic mass is 32.2. The molecule has 0 radical (unpaired) electrons. The van der Waals surface area contributed by atoms with Gasteiger partial charge in [-0.15, -0.1) is 0 Å². The molecule has 7 nitrogen and oxygen atoms in total. The van der Waals surface area contributed by atoms with Crippen LogP contribution in [0.5, 0.6) is 0 Å². The molecule has 0 fully saturated rings. The van der Waals surface area contributed by atoms with E-state index in [0.717, 1.165) is 25.7 Å². The van der Waals surface area contributed by atoms with Crippen molar-refractivity contribution in [3.05, 3.63) is 11.4 Å². The van der Waals surface area contributed by atoms with Crippen LogP contribution >= 0.6 is 0 Å². The minimum absolute atomic E-state index is 0.109. The van der Waals surface area contributed by atoms with Crippen LogP contribution in [0, 0.1) is 6.92 Å². The van der Waals surface area contributed by atoms with Gasteiger partial charge >= 0.3 is 0 Å². The Morgan fingerprint density at radius 1 is 1.24 bits per heavy atom. The van der Waals surface area contributed by atoms with Crippen LogP contribution in [-0.2, 0) is 10.0 Å². The minimum Gasteiger partial charge on any atom is -0.337 e. The molecule has 0 saturated carbocycles. The van der Waals surface area contributed by atoms with Gasteiger partial charge in [-0.2, -0.15) is 5.10 Å². The number of sulfonamides is 1. The second kappa shape index (κ2) is 7.56. The van der Waals surface area contributed by atoms with E-state index in [-0.39, 0.29) is 22.2 Å². The van der Waals surface area contributed by atoms with Gasteiger partial charge in [-0.1, -0.05) is 26.7 Å². The lowest BCUT2D eigenvalue weighted by Crippen LogP contribution is -2.34. The molecule has 0 unspecified atom stereocenters. The molecule has 1 aromatic heterocycles. The van der Waals surface area contributed by atoms with Crippen molar-refractivity contribution >= 4 is 15.9 Å². The van der Waals surface area contributed by atoms with Gasteiger partial charge in [0.25, 0.3) is 5.91 Å². The SMILES string of the molecule is CCCCN(CCCC)C(=O)c1n[nH]c(C)c1S(N)(=O)=O. The molecule has 120 valence electrons. The Morgan fingerprint density at radius 2 is 1.76 bits per heavy atom. The molecule has 0 aromatic carbocycles. The molecule has 1 aromatic rings. The Labute approximate surface area is 126 Å². The average Bonchev–Trinajstić information content (AvgIpc) is 2.80. The Balaban J connectivity index is 3.09. The number of carbonyl (C=O) groups is 1. The highest BCUT2D eigenvalue weighted by Crippen LogP contribution is 2.18. The van der Waals surface area contributed by atoms with Crippen LogP contribution in [0.25, 0.3) is 0 Å². The summed E-state index contributed by atoms with van der Waals surface area (Å²) in [5, 5.41) is 11.6. The molecule has 0 aliphatic heterocycles. The van der Waals surface area contributed by atoms with E-state index >= 15 is 0 Å². The molecule has 1 heterocycles. The first-order valence-corrected chi connectivity index (χ1v) is 8.74. The third-order valence-corrected chi connectivity index (χ3v) is 4.30.